The van der Waals surface area contributed by atoms with E-state index >= 15 is 0 Å². The molecule has 0 aliphatic carbocycles. The van der Waals surface area contributed by atoms with Crippen LogP contribution in [0.4, 0.5) is 13.2 Å². The van der Waals surface area contributed by atoms with Crippen LogP contribution >= 0.6 is 0 Å². The summed E-state index contributed by atoms with van der Waals surface area (Å²) in [6.07, 6.45) is -8.13. The summed E-state index contributed by atoms with van der Waals surface area (Å²) in [4.78, 5) is 26.6. The van der Waals surface area contributed by atoms with Crippen LogP contribution in [0, 0.1) is 5.92 Å². The van der Waals surface area contributed by atoms with Crippen molar-refractivity contribution in [1.82, 2.24) is 10.2 Å². The van der Waals surface area contributed by atoms with Crippen LogP contribution in [0.3, 0.4) is 0 Å². The second kappa shape index (κ2) is 11.1. The standard InChI is InChI=1S/C22H32F3N3O6S/c1-12(2)18(19(29)22(23,24)25)27-20(30)17-9-16(10-28(17)21(31)13(3)26)35(32,33)11-14-5-7-15(34-4)8-6-14/h5-8,12-13,16-19,29H,9-11,26H2,1-4H3,(H,27,30)/t13-,16+,17-,18-,19-/m0/s1. The molecule has 35 heavy (non-hydrogen) atoms. The number of aliphatic hydroxyl groups excluding tert-OH is 1. The number of alkyl halides is 3. The van der Waals surface area contributed by atoms with Gasteiger partial charge in [-0.05, 0) is 37.0 Å². The molecule has 1 heterocycles. The fraction of sp³-hybridized carbons (Fsp3) is 0.636. The van der Waals surface area contributed by atoms with Crippen molar-refractivity contribution in [1.29, 1.82) is 0 Å². The van der Waals surface area contributed by atoms with Crippen molar-refractivity contribution in [3.05, 3.63) is 29.8 Å². The van der Waals surface area contributed by atoms with Crippen LogP contribution in [0.25, 0.3) is 0 Å². The molecule has 0 spiro atoms. The number of sulfone groups is 1. The van der Waals surface area contributed by atoms with E-state index in [4.69, 9.17) is 10.5 Å². The Kier molecular flexibility index (Phi) is 9.17. The van der Waals surface area contributed by atoms with Crippen LogP contribution in [-0.2, 0) is 25.2 Å². The minimum absolute atomic E-state index is 0.310. The lowest BCUT2D eigenvalue weighted by atomic mass is 9.97. The third-order valence-corrected chi connectivity index (χ3v) is 8.07. The number of rotatable bonds is 9. The fourth-order valence-electron chi connectivity index (χ4n) is 3.96. The molecule has 9 nitrogen and oxygen atoms in total. The molecule has 198 valence electrons. The molecule has 2 amide bonds. The number of nitrogens with two attached hydrogens (primary N) is 1. The van der Waals surface area contributed by atoms with Gasteiger partial charge in [0.15, 0.2) is 15.9 Å². The molecule has 1 aromatic carbocycles. The molecule has 5 atom stereocenters. The van der Waals surface area contributed by atoms with Gasteiger partial charge >= 0.3 is 6.18 Å². The third-order valence-electron chi connectivity index (χ3n) is 5.98. The Hall–Kier alpha value is -2.38. The number of nitrogens with one attached hydrogen (secondary N) is 1. The van der Waals surface area contributed by atoms with Gasteiger partial charge in [0.2, 0.25) is 11.8 Å². The number of halogens is 3. The topological polar surface area (TPSA) is 139 Å². The van der Waals surface area contributed by atoms with Crippen molar-refractivity contribution in [2.45, 2.75) is 68.6 Å². The quantitative estimate of drug-likeness (QED) is 0.439. The van der Waals surface area contributed by atoms with Crippen molar-refractivity contribution in [2.75, 3.05) is 13.7 Å². The van der Waals surface area contributed by atoms with E-state index in [1.807, 2.05) is 0 Å². The number of nitrogens with zero attached hydrogens (tertiary/aromatic N) is 1. The Bertz CT molecular complexity index is 999. The third kappa shape index (κ3) is 7.07. The number of likely N-dealkylation sites (tertiary alicyclic amines) is 1. The summed E-state index contributed by atoms with van der Waals surface area (Å²) in [5.74, 6) is -2.31. The molecule has 0 unspecified atom stereocenters. The summed E-state index contributed by atoms with van der Waals surface area (Å²) >= 11 is 0. The van der Waals surface area contributed by atoms with Crippen molar-refractivity contribution < 1.29 is 41.0 Å². The van der Waals surface area contributed by atoms with Gasteiger partial charge in [-0.15, -0.1) is 0 Å². The number of ether oxygens (including phenoxy) is 1. The van der Waals surface area contributed by atoms with Crippen LogP contribution in [-0.4, -0.2) is 79.5 Å². The van der Waals surface area contributed by atoms with Crippen molar-refractivity contribution in [3.8, 4) is 5.75 Å². The Morgan fingerprint density at radius 3 is 2.26 bits per heavy atom. The average Bonchev–Trinajstić information content (AvgIpc) is 3.22. The molecule has 0 saturated carbocycles. The van der Waals surface area contributed by atoms with Crippen LogP contribution < -0.4 is 15.8 Å². The van der Waals surface area contributed by atoms with Crippen molar-refractivity contribution in [2.24, 2.45) is 11.7 Å². The molecule has 0 bridgehead atoms. The first kappa shape index (κ1) is 28.9. The van der Waals surface area contributed by atoms with Gasteiger partial charge in [0.05, 0.1) is 30.2 Å². The van der Waals surface area contributed by atoms with Gasteiger partial charge < -0.3 is 25.8 Å². The maximum atomic E-state index is 13.1. The predicted molar refractivity (Wildman–Crippen MR) is 122 cm³/mol. The van der Waals surface area contributed by atoms with Gasteiger partial charge in [-0.1, -0.05) is 26.0 Å². The molecule has 13 heteroatoms. The summed E-state index contributed by atoms with van der Waals surface area (Å²) < 4.78 is 70.6. The number of hydrogen-bond donors (Lipinski definition) is 3. The number of carbonyl (C=O) groups is 2. The SMILES string of the molecule is COc1ccc(CS(=O)(=O)[C@@H]2C[C@@H](C(=O)N[C@@H](C(C)C)[C@H](O)C(F)(F)F)N(C(=O)[C@H](C)N)C2)cc1. The molecule has 4 N–H and O–H groups in total. The summed E-state index contributed by atoms with van der Waals surface area (Å²) in [6.45, 7) is 3.81. The monoisotopic (exact) mass is 523 g/mol. The Morgan fingerprint density at radius 2 is 1.80 bits per heavy atom. The highest BCUT2D eigenvalue weighted by atomic mass is 32.2. The lowest BCUT2D eigenvalue weighted by Gasteiger charge is -2.32. The average molecular weight is 524 g/mol. The van der Waals surface area contributed by atoms with E-state index in [2.05, 4.69) is 5.32 Å². The second-order valence-corrected chi connectivity index (χ2v) is 11.4. The smallest absolute Gasteiger partial charge is 0.416 e. The molecule has 0 aromatic heterocycles. The van der Waals surface area contributed by atoms with Crippen LogP contribution in [0.2, 0.25) is 0 Å². The van der Waals surface area contributed by atoms with Crippen LogP contribution in [0.5, 0.6) is 5.75 Å². The molecule has 2 rings (SSSR count). The van der Waals surface area contributed by atoms with E-state index in [-0.39, 0.29) is 18.7 Å². The number of benzene rings is 1. The summed E-state index contributed by atoms with van der Waals surface area (Å²) in [5, 5.41) is 10.7. The molecular weight excluding hydrogens is 491 g/mol. The van der Waals surface area contributed by atoms with Gasteiger partial charge in [0, 0.05) is 6.54 Å². The lowest BCUT2D eigenvalue weighted by Crippen LogP contribution is -2.57. The number of amides is 2. The Labute approximate surface area is 202 Å². The van der Waals surface area contributed by atoms with E-state index in [0.717, 1.165) is 4.90 Å². The lowest BCUT2D eigenvalue weighted by molar-refractivity contribution is -0.215. The highest BCUT2D eigenvalue weighted by Crippen LogP contribution is 2.29. The fourth-order valence-corrected chi connectivity index (χ4v) is 5.71. The largest absolute Gasteiger partial charge is 0.497 e. The van der Waals surface area contributed by atoms with Crippen molar-refractivity contribution >= 4 is 21.7 Å². The van der Waals surface area contributed by atoms with E-state index in [0.29, 0.717) is 11.3 Å². The first-order valence-electron chi connectivity index (χ1n) is 11.0. The first-order chi connectivity index (χ1) is 16.1. The zero-order chi connectivity index (χ0) is 26.7. The molecule has 1 aliphatic rings. The molecule has 1 aliphatic heterocycles. The Morgan fingerprint density at radius 1 is 1.23 bits per heavy atom. The van der Waals surface area contributed by atoms with E-state index in [1.54, 1.807) is 24.3 Å². The minimum atomic E-state index is -4.98. The Balaban J connectivity index is 2.28. The summed E-state index contributed by atoms with van der Waals surface area (Å²) in [6, 6.07) is 2.24. The summed E-state index contributed by atoms with van der Waals surface area (Å²) in [5.41, 5.74) is 6.13. The molecular formula is C22H32F3N3O6S. The molecule has 1 saturated heterocycles. The van der Waals surface area contributed by atoms with Gasteiger partial charge in [-0.2, -0.15) is 13.2 Å². The number of methoxy groups -OCH3 is 1. The molecule has 1 fully saturated rings. The predicted octanol–water partition coefficient (Wildman–Crippen LogP) is 0.991. The van der Waals surface area contributed by atoms with E-state index in [1.165, 1.54) is 27.9 Å². The highest BCUT2D eigenvalue weighted by molar-refractivity contribution is 7.91. The van der Waals surface area contributed by atoms with Gasteiger partial charge in [0.25, 0.3) is 0 Å². The van der Waals surface area contributed by atoms with Crippen LogP contribution in [0.15, 0.2) is 24.3 Å². The van der Waals surface area contributed by atoms with Gasteiger partial charge in [-0.3, -0.25) is 9.59 Å². The number of aliphatic hydroxyl groups is 1. The van der Waals surface area contributed by atoms with Gasteiger partial charge in [-0.25, -0.2) is 8.42 Å². The zero-order valence-electron chi connectivity index (χ0n) is 19.9. The number of hydrogen-bond acceptors (Lipinski definition) is 7. The van der Waals surface area contributed by atoms with E-state index in [9.17, 15) is 36.3 Å². The van der Waals surface area contributed by atoms with Crippen molar-refractivity contribution in [3.63, 3.8) is 0 Å². The first-order valence-corrected chi connectivity index (χ1v) is 12.8. The molecule has 0 radical (unpaired) electrons. The zero-order valence-corrected chi connectivity index (χ0v) is 20.8. The van der Waals surface area contributed by atoms with Gasteiger partial charge in [0.1, 0.15) is 11.8 Å². The highest BCUT2D eigenvalue weighted by Gasteiger charge is 2.49. The second-order valence-electron chi connectivity index (χ2n) is 9.07. The van der Waals surface area contributed by atoms with E-state index < -0.39 is 63.2 Å². The molecule has 1 aromatic rings. The van der Waals surface area contributed by atoms with Crippen LogP contribution in [0.1, 0.15) is 32.8 Å². The summed E-state index contributed by atoms with van der Waals surface area (Å²) in [7, 11) is -2.39. The maximum Gasteiger partial charge on any atom is 0.416 e. The maximum absolute atomic E-state index is 13.1. The normalized spacial score (nSPS) is 21.5. The minimum Gasteiger partial charge on any atom is -0.497 e. The number of carbonyl (C=O) groups excluding carboxylic acids is 2.